The number of halogens is 2. The molecule has 0 unspecified atom stereocenters. The number of nitrogens with zero attached hydrogens (tertiary/aromatic N) is 2. The van der Waals surface area contributed by atoms with Crippen LogP contribution in [-0.4, -0.2) is 21.2 Å². The number of anilines is 1. The van der Waals surface area contributed by atoms with E-state index in [1.165, 1.54) is 23.5 Å². The average molecular weight is 546 g/mol. The van der Waals surface area contributed by atoms with Crippen LogP contribution in [0.15, 0.2) is 56.9 Å². The molecule has 0 spiro atoms. The molecule has 33 heavy (non-hydrogen) atoms. The number of hydrogen-bond donors (Lipinski definition) is 1. The first kappa shape index (κ1) is 23.7. The van der Waals surface area contributed by atoms with E-state index in [2.05, 4.69) is 28.2 Å². The molecular weight excluding hydrogens is 525 g/mol. The van der Waals surface area contributed by atoms with Crippen molar-refractivity contribution < 1.29 is 9.18 Å². The lowest BCUT2D eigenvalue weighted by atomic mass is 10.2. The molecule has 0 saturated carbocycles. The smallest absolute Gasteiger partial charge is 0.267 e. The Morgan fingerprint density at radius 2 is 1.94 bits per heavy atom. The minimum Gasteiger partial charge on any atom is -0.323 e. The predicted molar refractivity (Wildman–Crippen MR) is 138 cm³/mol. The summed E-state index contributed by atoms with van der Waals surface area (Å²) in [7, 11) is 0. The third kappa shape index (κ3) is 4.90. The lowest BCUT2D eigenvalue weighted by Crippen LogP contribution is -2.23. The summed E-state index contributed by atoms with van der Waals surface area (Å²) in [6.07, 6.45) is 0.820. The van der Waals surface area contributed by atoms with Crippen LogP contribution in [0.25, 0.3) is 15.9 Å². The summed E-state index contributed by atoms with van der Waals surface area (Å²) in [4.78, 5) is 32.6. The normalized spacial score (nSPS) is 11.2. The Bertz CT molecular complexity index is 1410. The number of benzene rings is 2. The highest BCUT2D eigenvalue weighted by Gasteiger charge is 2.19. The number of thioether (sulfide) groups is 1. The van der Waals surface area contributed by atoms with Crippen molar-refractivity contribution in [1.29, 1.82) is 0 Å². The standard InChI is InChI=1S/C24H21BrFN3O2S2/c1-4-19-14(3)21-22(33-19)28-24(29(23(21)31)16-8-5-13(2)6-9-16)32-12-20(30)27-18-10-7-15(25)11-17(18)26/h5-11H,4,12H2,1-3H3,(H,27,30). The lowest BCUT2D eigenvalue weighted by molar-refractivity contribution is -0.113. The van der Waals surface area contributed by atoms with Gasteiger partial charge in [-0.1, -0.05) is 52.3 Å². The van der Waals surface area contributed by atoms with Crippen molar-refractivity contribution in [3.63, 3.8) is 0 Å². The van der Waals surface area contributed by atoms with Gasteiger partial charge in [-0.05, 0) is 56.2 Å². The second kappa shape index (κ2) is 9.79. The Morgan fingerprint density at radius 3 is 2.61 bits per heavy atom. The molecule has 2 heterocycles. The van der Waals surface area contributed by atoms with Gasteiger partial charge in [0.2, 0.25) is 5.91 Å². The maximum atomic E-state index is 14.1. The Labute approximate surface area is 207 Å². The van der Waals surface area contributed by atoms with E-state index in [-0.39, 0.29) is 22.9 Å². The fourth-order valence-electron chi connectivity index (χ4n) is 3.47. The molecule has 0 aliphatic rings. The van der Waals surface area contributed by atoms with Gasteiger partial charge in [0.15, 0.2) is 5.16 Å². The summed E-state index contributed by atoms with van der Waals surface area (Å²) >= 11 is 5.86. The highest BCUT2D eigenvalue weighted by molar-refractivity contribution is 9.10. The summed E-state index contributed by atoms with van der Waals surface area (Å²) in [5.41, 5.74) is 2.66. The zero-order valence-electron chi connectivity index (χ0n) is 18.2. The number of fused-ring (bicyclic) bond motifs is 1. The zero-order valence-corrected chi connectivity index (χ0v) is 21.5. The fraction of sp³-hybridized carbons (Fsp3) is 0.208. The number of amides is 1. The Kier molecular flexibility index (Phi) is 7.02. The second-order valence-corrected chi connectivity index (χ2v) is 10.5. The van der Waals surface area contributed by atoms with Crippen molar-refractivity contribution >= 4 is 60.8 Å². The summed E-state index contributed by atoms with van der Waals surface area (Å²) in [6, 6.07) is 12.0. The van der Waals surface area contributed by atoms with Crippen molar-refractivity contribution in [2.45, 2.75) is 32.3 Å². The number of thiophene rings is 1. The molecule has 0 fully saturated rings. The molecule has 1 amide bonds. The van der Waals surface area contributed by atoms with Crippen LogP contribution in [0.2, 0.25) is 0 Å². The van der Waals surface area contributed by atoms with Crippen molar-refractivity contribution in [3.8, 4) is 5.69 Å². The summed E-state index contributed by atoms with van der Waals surface area (Å²) in [5, 5.41) is 3.62. The first-order valence-electron chi connectivity index (χ1n) is 10.3. The molecule has 2 aromatic heterocycles. The molecule has 2 aromatic carbocycles. The molecule has 1 N–H and O–H groups in total. The van der Waals surface area contributed by atoms with Crippen LogP contribution in [0.1, 0.15) is 22.9 Å². The largest absolute Gasteiger partial charge is 0.323 e. The first-order valence-corrected chi connectivity index (χ1v) is 12.9. The number of aromatic nitrogens is 2. The highest BCUT2D eigenvalue weighted by atomic mass is 79.9. The molecule has 0 saturated heterocycles. The zero-order chi connectivity index (χ0) is 23.7. The van der Waals surface area contributed by atoms with E-state index in [1.807, 2.05) is 38.1 Å². The molecule has 170 valence electrons. The van der Waals surface area contributed by atoms with Crippen LogP contribution in [-0.2, 0) is 11.2 Å². The van der Waals surface area contributed by atoms with Crippen LogP contribution < -0.4 is 10.9 Å². The monoisotopic (exact) mass is 545 g/mol. The van der Waals surface area contributed by atoms with Gasteiger partial charge in [-0.25, -0.2) is 9.37 Å². The number of carbonyl (C=O) groups is 1. The number of carbonyl (C=O) groups excluding carboxylic acids is 1. The number of aryl methyl sites for hydroxylation is 3. The minimum absolute atomic E-state index is 0.0235. The quantitative estimate of drug-likeness (QED) is 0.229. The molecule has 4 aromatic rings. The maximum Gasteiger partial charge on any atom is 0.267 e. The highest BCUT2D eigenvalue weighted by Crippen LogP contribution is 2.30. The van der Waals surface area contributed by atoms with Crippen molar-refractivity contribution in [3.05, 3.63) is 79.1 Å². The van der Waals surface area contributed by atoms with Crippen LogP contribution >= 0.6 is 39.0 Å². The van der Waals surface area contributed by atoms with E-state index in [4.69, 9.17) is 4.98 Å². The van der Waals surface area contributed by atoms with Gasteiger partial charge in [-0.3, -0.25) is 14.2 Å². The van der Waals surface area contributed by atoms with Gasteiger partial charge in [0.05, 0.1) is 22.5 Å². The Balaban J connectivity index is 1.71. The lowest BCUT2D eigenvalue weighted by Gasteiger charge is -2.13. The van der Waals surface area contributed by atoms with Crippen molar-refractivity contribution in [1.82, 2.24) is 9.55 Å². The molecular formula is C24H21BrFN3O2S2. The Hall–Kier alpha value is -2.49. The molecule has 0 aliphatic carbocycles. The van der Waals surface area contributed by atoms with E-state index in [9.17, 15) is 14.0 Å². The van der Waals surface area contributed by atoms with Crippen molar-refractivity contribution in [2.75, 3.05) is 11.1 Å². The van der Waals surface area contributed by atoms with Gasteiger partial charge in [-0.2, -0.15) is 0 Å². The summed E-state index contributed by atoms with van der Waals surface area (Å²) in [5.74, 6) is -0.938. The van der Waals surface area contributed by atoms with Gasteiger partial charge in [0.25, 0.3) is 5.56 Å². The van der Waals surface area contributed by atoms with Gasteiger partial charge < -0.3 is 5.32 Å². The number of hydrogen-bond acceptors (Lipinski definition) is 5. The van der Waals surface area contributed by atoms with E-state index in [1.54, 1.807) is 10.6 Å². The van der Waals surface area contributed by atoms with Crippen molar-refractivity contribution in [2.24, 2.45) is 0 Å². The third-order valence-corrected chi connectivity index (χ3v) is 7.95. The average Bonchev–Trinajstić information content (AvgIpc) is 3.11. The topological polar surface area (TPSA) is 64.0 Å². The van der Waals surface area contributed by atoms with Crippen LogP contribution in [0, 0.1) is 19.7 Å². The number of nitrogens with one attached hydrogen (secondary N) is 1. The molecule has 0 atom stereocenters. The van der Waals surface area contributed by atoms with Crippen LogP contribution in [0.3, 0.4) is 0 Å². The van der Waals surface area contributed by atoms with E-state index in [0.717, 1.165) is 34.2 Å². The summed E-state index contributed by atoms with van der Waals surface area (Å²) < 4.78 is 16.2. The predicted octanol–water partition coefficient (Wildman–Crippen LogP) is 6.26. The summed E-state index contributed by atoms with van der Waals surface area (Å²) in [6.45, 7) is 5.98. The second-order valence-electron chi connectivity index (χ2n) is 7.52. The van der Waals surface area contributed by atoms with E-state index in [0.29, 0.717) is 25.5 Å². The van der Waals surface area contributed by atoms with Gasteiger partial charge in [0.1, 0.15) is 10.6 Å². The maximum absolute atomic E-state index is 14.1. The first-order chi connectivity index (χ1) is 15.8. The fourth-order valence-corrected chi connectivity index (χ4v) is 5.78. The van der Waals surface area contributed by atoms with Gasteiger partial charge in [-0.15, -0.1) is 11.3 Å². The van der Waals surface area contributed by atoms with Crippen LogP contribution in [0.5, 0.6) is 0 Å². The third-order valence-electron chi connectivity index (χ3n) is 5.18. The molecule has 4 rings (SSSR count). The molecule has 0 aliphatic heterocycles. The molecule has 0 radical (unpaired) electrons. The minimum atomic E-state index is -0.528. The SMILES string of the molecule is CCc1sc2nc(SCC(=O)Nc3ccc(Br)cc3F)n(-c3ccc(C)cc3)c(=O)c2c1C. The van der Waals surface area contributed by atoms with Crippen LogP contribution in [0.4, 0.5) is 10.1 Å². The molecule has 9 heteroatoms. The molecule has 5 nitrogen and oxygen atoms in total. The van der Waals surface area contributed by atoms with E-state index >= 15 is 0 Å². The van der Waals surface area contributed by atoms with Gasteiger partial charge in [0, 0.05) is 9.35 Å². The molecule has 0 bridgehead atoms. The Morgan fingerprint density at radius 1 is 1.21 bits per heavy atom. The van der Waals surface area contributed by atoms with E-state index < -0.39 is 5.82 Å². The van der Waals surface area contributed by atoms with Gasteiger partial charge >= 0.3 is 0 Å². The number of rotatable bonds is 6.